The Balaban J connectivity index is 2.80. The van der Waals surface area contributed by atoms with Crippen LogP contribution in [0.25, 0.3) is 0 Å². The average Bonchev–Trinajstić information content (AvgIpc) is 2.47. The number of hydrogen-bond acceptors (Lipinski definition) is 4. The summed E-state index contributed by atoms with van der Waals surface area (Å²) < 4.78 is 5.27. The first kappa shape index (κ1) is 18.8. The van der Waals surface area contributed by atoms with E-state index in [0.29, 0.717) is 11.4 Å². The summed E-state index contributed by atoms with van der Waals surface area (Å²) in [5, 5.41) is 8.84. The molecule has 6 heteroatoms. The maximum absolute atomic E-state index is 12.2. The van der Waals surface area contributed by atoms with E-state index in [2.05, 4.69) is 16.0 Å². The molecule has 3 N–H and O–H groups in total. The molecular weight excluding hydrogens is 294 g/mol. The van der Waals surface area contributed by atoms with Crippen LogP contribution in [0.4, 0.5) is 11.4 Å². The predicted molar refractivity (Wildman–Crippen MR) is 92.9 cm³/mol. The van der Waals surface area contributed by atoms with Gasteiger partial charge in [0.25, 0.3) is 0 Å². The van der Waals surface area contributed by atoms with Gasteiger partial charge in [-0.25, -0.2) is 0 Å². The molecule has 1 rings (SSSR count). The normalized spacial score (nSPS) is 12.3. The van der Waals surface area contributed by atoms with E-state index in [4.69, 9.17) is 4.74 Å². The molecule has 1 aromatic rings. The van der Waals surface area contributed by atoms with Crippen LogP contribution in [0.3, 0.4) is 0 Å². The number of nitrogens with one attached hydrogen (secondary N) is 3. The molecule has 0 bridgehead atoms. The Bertz CT molecular complexity index is 570. The van der Waals surface area contributed by atoms with Gasteiger partial charge in [-0.3, -0.25) is 9.59 Å². The van der Waals surface area contributed by atoms with Gasteiger partial charge < -0.3 is 20.7 Å². The lowest BCUT2D eigenvalue weighted by Crippen LogP contribution is -2.48. The molecule has 0 aromatic heterocycles. The highest BCUT2D eigenvalue weighted by Gasteiger charge is 2.21. The van der Waals surface area contributed by atoms with Crippen molar-refractivity contribution < 1.29 is 14.3 Å². The predicted octanol–water partition coefficient (Wildman–Crippen LogP) is 2.76. The first-order valence-corrected chi connectivity index (χ1v) is 7.72. The van der Waals surface area contributed by atoms with E-state index in [1.54, 1.807) is 25.1 Å². The topological polar surface area (TPSA) is 79.5 Å². The van der Waals surface area contributed by atoms with Gasteiger partial charge in [-0.15, -0.1) is 0 Å². The molecule has 0 aliphatic rings. The molecular formula is C17H27N3O3. The molecule has 0 saturated carbocycles. The van der Waals surface area contributed by atoms with Crippen LogP contribution in [0.1, 0.15) is 41.0 Å². The molecule has 0 saturated heterocycles. The fourth-order valence-corrected chi connectivity index (χ4v) is 1.92. The lowest BCUT2D eigenvalue weighted by Gasteiger charge is -2.27. The monoisotopic (exact) mass is 321 g/mol. The molecule has 23 heavy (non-hydrogen) atoms. The summed E-state index contributed by atoms with van der Waals surface area (Å²) in [5.41, 5.74) is 1.10. The summed E-state index contributed by atoms with van der Waals surface area (Å²) in [6, 6.07) is 4.89. The number of carbonyl (C=O) groups is 2. The summed E-state index contributed by atoms with van der Waals surface area (Å²) in [4.78, 5) is 23.4. The number of anilines is 2. The number of hydrogen-bond donors (Lipinski definition) is 3. The van der Waals surface area contributed by atoms with Crippen molar-refractivity contribution in [2.75, 3.05) is 17.7 Å². The number of rotatable bonds is 7. The Morgan fingerprint density at radius 2 is 1.96 bits per heavy atom. The Kier molecular flexibility index (Phi) is 6.42. The molecule has 0 radical (unpaired) electrons. The van der Waals surface area contributed by atoms with E-state index in [9.17, 15) is 9.59 Å². The minimum absolute atomic E-state index is 0.0678. The lowest BCUT2D eigenvalue weighted by molar-refractivity contribution is -0.123. The van der Waals surface area contributed by atoms with Gasteiger partial charge in [-0.05, 0) is 39.3 Å². The first-order valence-electron chi connectivity index (χ1n) is 7.72. The van der Waals surface area contributed by atoms with E-state index in [1.807, 2.05) is 20.8 Å². The summed E-state index contributed by atoms with van der Waals surface area (Å²) >= 11 is 0. The molecule has 6 nitrogen and oxygen atoms in total. The van der Waals surface area contributed by atoms with Crippen LogP contribution in [-0.2, 0) is 9.59 Å². The van der Waals surface area contributed by atoms with Crippen LogP contribution >= 0.6 is 0 Å². The van der Waals surface area contributed by atoms with Crippen molar-refractivity contribution in [2.24, 2.45) is 0 Å². The molecule has 0 heterocycles. The van der Waals surface area contributed by atoms with Crippen LogP contribution in [0.15, 0.2) is 18.2 Å². The van der Waals surface area contributed by atoms with Crippen molar-refractivity contribution in [3.8, 4) is 5.75 Å². The van der Waals surface area contributed by atoms with Crippen LogP contribution in [0.2, 0.25) is 0 Å². The molecule has 0 fully saturated rings. The summed E-state index contributed by atoms with van der Waals surface area (Å²) in [6.07, 6.45) is 0.852. The van der Waals surface area contributed by atoms with Crippen molar-refractivity contribution in [3.63, 3.8) is 0 Å². The molecule has 1 unspecified atom stereocenters. The van der Waals surface area contributed by atoms with Crippen molar-refractivity contribution in [3.05, 3.63) is 18.2 Å². The van der Waals surface area contributed by atoms with Crippen molar-refractivity contribution >= 4 is 23.2 Å². The summed E-state index contributed by atoms with van der Waals surface area (Å²) in [6.45, 7) is 9.25. The number of amides is 2. The lowest BCUT2D eigenvalue weighted by atomic mass is 10.0. The first-order chi connectivity index (χ1) is 10.7. The molecule has 2 amide bonds. The van der Waals surface area contributed by atoms with E-state index in [1.165, 1.54) is 14.0 Å². The third kappa shape index (κ3) is 5.81. The zero-order valence-electron chi connectivity index (χ0n) is 14.7. The highest BCUT2D eigenvalue weighted by Crippen LogP contribution is 2.28. The molecule has 1 atom stereocenters. The van der Waals surface area contributed by atoms with Crippen molar-refractivity contribution in [2.45, 2.75) is 52.6 Å². The fourth-order valence-electron chi connectivity index (χ4n) is 1.92. The average molecular weight is 321 g/mol. The van der Waals surface area contributed by atoms with Gasteiger partial charge >= 0.3 is 0 Å². The summed E-state index contributed by atoms with van der Waals surface area (Å²) in [5.74, 6) is 0.298. The number of carbonyl (C=O) groups excluding carboxylic acids is 2. The smallest absolute Gasteiger partial charge is 0.242 e. The minimum atomic E-state index is -0.392. The number of ether oxygens (including phenoxy) is 1. The molecule has 0 spiro atoms. The highest BCUT2D eigenvalue weighted by atomic mass is 16.5. The van der Waals surface area contributed by atoms with Gasteiger partial charge in [0, 0.05) is 24.2 Å². The fraction of sp³-hybridized carbons (Fsp3) is 0.529. The van der Waals surface area contributed by atoms with E-state index in [-0.39, 0.29) is 17.4 Å². The second kappa shape index (κ2) is 7.85. The minimum Gasteiger partial charge on any atom is -0.494 e. The van der Waals surface area contributed by atoms with Gasteiger partial charge in [-0.2, -0.15) is 0 Å². The maximum Gasteiger partial charge on any atom is 0.242 e. The van der Waals surface area contributed by atoms with Gasteiger partial charge in [0.2, 0.25) is 11.8 Å². The Labute approximate surface area is 138 Å². The van der Waals surface area contributed by atoms with Crippen molar-refractivity contribution in [1.29, 1.82) is 0 Å². The Morgan fingerprint density at radius 1 is 1.30 bits per heavy atom. The third-order valence-electron chi connectivity index (χ3n) is 3.63. The van der Waals surface area contributed by atoms with E-state index >= 15 is 0 Å². The van der Waals surface area contributed by atoms with E-state index in [0.717, 1.165) is 12.1 Å². The van der Waals surface area contributed by atoms with Crippen LogP contribution in [0.5, 0.6) is 5.75 Å². The molecule has 1 aromatic carbocycles. The number of benzene rings is 1. The largest absolute Gasteiger partial charge is 0.494 e. The Morgan fingerprint density at radius 3 is 2.48 bits per heavy atom. The Hall–Kier alpha value is -2.24. The number of methoxy groups -OCH3 is 1. The van der Waals surface area contributed by atoms with Gasteiger partial charge in [0.1, 0.15) is 11.8 Å². The quantitative estimate of drug-likeness (QED) is 0.721. The van der Waals surface area contributed by atoms with Crippen LogP contribution in [-0.4, -0.2) is 30.5 Å². The molecule has 0 aliphatic heterocycles. The van der Waals surface area contributed by atoms with E-state index < -0.39 is 6.04 Å². The van der Waals surface area contributed by atoms with Crippen LogP contribution < -0.4 is 20.7 Å². The zero-order valence-corrected chi connectivity index (χ0v) is 14.7. The third-order valence-corrected chi connectivity index (χ3v) is 3.63. The molecule has 0 aliphatic carbocycles. The highest BCUT2D eigenvalue weighted by molar-refractivity contribution is 5.91. The van der Waals surface area contributed by atoms with Gasteiger partial charge in [-0.1, -0.05) is 6.92 Å². The standard InChI is InChI=1S/C17H27N3O3/c1-7-17(4,5)20-16(22)11(2)18-13-8-9-14(19-12(3)21)15(10-13)23-6/h8-11,18H,7H2,1-6H3,(H,19,21)(H,20,22). The SMILES string of the molecule is CCC(C)(C)NC(=O)C(C)Nc1ccc(NC(C)=O)c(OC)c1. The second-order valence-electron chi connectivity index (χ2n) is 6.19. The zero-order chi connectivity index (χ0) is 17.6. The molecule has 128 valence electrons. The maximum atomic E-state index is 12.2. The van der Waals surface area contributed by atoms with Crippen LogP contribution in [0, 0.1) is 0 Å². The van der Waals surface area contributed by atoms with Gasteiger partial charge in [0.15, 0.2) is 0 Å². The van der Waals surface area contributed by atoms with Gasteiger partial charge in [0.05, 0.1) is 12.8 Å². The summed E-state index contributed by atoms with van der Waals surface area (Å²) in [7, 11) is 1.53. The second-order valence-corrected chi connectivity index (χ2v) is 6.19. The van der Waals surface area contributed by atoms with Crippen molar-refractivity contribution in [1.82, 2.24) is 5.32 Å².